The number of nitrogens with zero attached hydrogens (tertiary/aromatic N) is 7. The predicted molar refractivity (Wildman–Crippen MR) is 229 cm³/mol. The Morgan fingerprint density at radius 1 is 1.11 bits per heavy atom. The van der Waals surface area contributed by atoms with E-state index in [1.807, 2.05) is 6.07 Å². The first kappa shape index (κ1) is 39.9. The van der Waals surface area contributed by atoms with Crippen LogP contribution in [0.5, 0.6) is 0 Å². The van der Waals surface area contributed by atoms with E-state index in [1.165, 1.54) is 20.9 Å². The largest absolute Gasteiger partial charge is 0.427 e. The highest BCUT2D eigenvalue weighted by Crippen LogP contribution is 2.55. The molecule has 1 aliphatic carbocycles. The number of carbonyl (C=O) groups excluding carboxylic acids is 2. The minimum atomic E-state index is -0.675. The molecule has 15 nitrogen and oxygen atoms in total. The zero-order valence-corrected chi connectivity index (χ0v) is 34.7. The van der Waals surface area contributed by atoms with Crippen LogP contribution in [-0.2, 0) is 28.1 Å². The number of imidazole rings is 1. The fourth-order valence-corrected chi connectivity index (χ4v) is 9.37. The summed E-state index contributed by atoms with van der Waals surface area (Å²) in [5.74, 6) is 0.763. The third kappa shape index (κ3) is 6.88. The number of halogens is 1. The van der Waals surface area contributed by atoms with Crippen molar-refractivity contribution in [2.45, 2.75) is 77.5 Å². The molecule has 2 amide bonds. The average molecular weight is 829 g/mol. The van der Waals surface area contributed by atoms with Gasteiger partial charge in [0.1, 0.15) is 23.5 Å². The number of fused-ring (bicyclic) bond motifs is 2. The van der Waals surface area contributed by atoms with Crippen LogP contribution >= 0.6 is 0 Å². The summed E-state index contributed by atoms with van der Waals surface area (Å²) in [7, 11) is 0. The molecule has 3 aliphatic heterocycles. The van der Waals surface area contributed by atoms with Crippen LogP contribution in [0.3, 0.4) is 0 Å². The Morgan fingerprint density at radius 3 is 2.54 bits per heavy atom. The van der Waals surface area contributed by atoms with Gasteiger partial charge in [0.05, 0.1) is 29.3 Å². The Bertz CT molecular complexity index is 2740. The Balaban J connectivity index is 1.15. The summed E-state index contributed by atoms with van der Waals surface area (Å²) < 4.78 is 27.4. The fourth-order valence-electron chi connectivity index (χ4n) is 9.37. The van der Waals surface area contributed by atoms with Crippen LogP contribution in [0.2, 0.25) is 0 Å². The molecule has 2 saturated heterocycles. The Kier molecular flexibility index (Phi) is 10.1. The van der Waals surface area contributed by atoms with E-state index in [2.05, 4.69) is 52.1 Å². The number of hydroxylamine groups is 1. The van der Waals surface area contributed by atoms with E-state index in [0.717, 1.165) is 29.4 Å². The zero-order chi connectivity index (χ0) is 42.7. The third-order valence-electron chi connectivity index (χ3n) is 12.6. The number of hydrogen-bond donors (Lipinski definition) is 3. The molecular formula is C45H49FN10O5. The van der Waals surface area contributed by atoms with Gasteiger partial charge in [-0.05, 0) is 117 Å². The van der Waals surface area contributed by atoms with Gasteiger partial charge in [0.25, 0.3) is 5.91 Å². The van der Waals surface area contributed by atoms with Gasteiger partial charge in [0.15, 0.2) is 0 Å². The first-order valence-corrected chi connectivity index (χ1v) is 20.6. The molecule has 0 spiro atoms. The highest BCUT2D eigenvalue weighted by molar-refractivity contribution is 5.99. The van der Waals surface area contributed by atoms with Crippen molar-refractivity contribution in [1.29, 1.82) is 0 Å². The second kappa shape index (κ2) is 15.5. The van der Waals surface area contributed by atoms with Crippen LogP contribution < -0.4 is 22.2 Å². The number of rotatable bonds is 10. The second-order valence-electron chi connectivity index (χ2n) is 16.5. The summed E-state index contributed by atoms with van der Waals surface area (Å²) in [6.45, 7) is 13.0. The van der Waals surface area contributed by atoms with Gasteiger partial charge in [0, 0.05) is 66.9 Å². The van der Waals surface area contributed by atoms with Crippen LogP contribution in [0.4, 0.5) is 9.18 Å². The molecule has 3 atom stereocenters. The van der Waals surface area contributed by atoms with Gasteiger partial charge in [-0.2, -0.15) is 5.10 Å². The van der Waals surface area contributed by atoms with Crippen LogP contribution in [-0.4, -0.2) is 72.1 Å². The predicted octanol–water partition coefficient (Wildman–Crippen LogP) is 5.85. The van der Waals surface area contributed by atoms with Gasteiger partial charge in [-0.15, -0.1) is 5.48 Å². The molecule has 3 aromatic heterocycles. The molecule has 16 heteroatoms. The highest BCUT2D eigenvalue weighted by atomic mass is 19.1. The lowest BCUT2D eigenvalue weighted by molar-refractivity contribution is 0.0709. The quantitative estimate of drug-likeness (QED) is 0.0896. The van der Waals surface area contributed by atoms with Crippen molar-refractivity contribution >= 4 is 34.4 Å². The molecule has 61 heavy (non-hydrogen) atoms. The Morgan fingerprint density at radius 2 is 1.87 bits per heavy atom. The molecule has 4 N–H and O–H groups in total. The molecule has 9 rings (SSSR count). The first-order valence-electron chi connectivity index (χ1n) is 20.6. The van der Waals surface area contributed by atoms with Crippen molar-refractivity contribution in [3.8, 4) is 11.5 Å². The number of aromatic nitrogens is 5. The molecule has 1 saturated carbocycles. The maximum Gasteiger partial charge on any atom is 0.427 e. The number of hydrogen-bond acceptors (Lipinski definition) is 8. The van der Waals surface area contributed by atoms with Crippen molar-refractivity contribution in [2.24, 2.45) is 16.6 Å². The van der Waals surface area contributed by atoms with E-state index >= 15 is 4.79 Å². The van der Waals surface area contributed by atoms with Crippen molar-refractivity contribution in [2.75, 3.05) is 19.8 Å². The minimum Gasteiger partial charge on any atom is -0.387 e. The topological polar surface area (TPSA) is 168 Å². The smallest absolute Gasteiger partial charge is 0.387 e. The number of aryl methyl sites for hydroxylation is 2. The van der Waals surface area contributed by atoms with Crippen molar-refractivity contribution in [3.05, 3.63) is 130 Å². The number of benzene rings is 2. The second-order valence-corrected chi connectivity index (χ2v) is 16.5. The standard InChI is InChI=1S/C45H49FN10O5/c1-6-33(8-7-14-48-29(5)47)53-16-17-54(44(53)59)40-35-25-52(15-11-36(35)50-56(40)34-20-26(2)39(46)27(3)21-34)41(57)38-23-32-22-31(30-12-18-60-19-13-30)9-10-37(32)55(38)45(24-28(45)4)42-49-43(58)61-51-42/h6-10,14,16-17,20-23,28,30,42,51H,1,11-13,15,18-19,24-25H2,2-5H3,(H2,47,48)(H,49,58)/b14-7+,33-8+/t28-,42?,45-/m0/s1. The van der Waals surface area contributed by atoms with Crippen molar-refractivity contribution in [1.82, 2.24) is 39.2 Å². The van der Waals surface area contributed by atoms with Crippen molar-refractivity contribution in [3.63, 3.8) is 0 Å². The number of ether oxygens (including phenoxy) is 1. The zero-order valence-electron chi connectivity index (χ0n) is 34.7. The van der Waals surface area contributed by atoms with Crippen LogP contribution in [0.1, 0.15) is 77.5 Å². The summed E-state index contributed by atoms with van der Waals surface area (Å²) in [5.41, 5.74) is 13.4. The van der Waals surface area contributed by atoms with Crippen molar-refractivity contribution < 1.29 is 23.6 Å². The van der Waals surface area contributed by atoms with Gasteiger partial charge in [0.2, 0.25) is 0 Å². The molecule has 1 unspecified atom stereocenters. The number of nitrogens with two attached hydrogens (primary N) is 1. The summed E-state index contributed by atoms with van der Waals surface area (Å²) >= 11 is 0. The molecule has 5 aromatic rings. The number of amides is 2. The summed E-state index contributed by atoms with van der Waals surface area (Å²) in [6.07, 6.45) is 11.6. The van der Waals surface area contributed by atoms with E-state index in [1.54, 1.807) is 73.1 Å². The maximum absolute atomic E-state index is 15.2. The molecule has 316 valence electrons. The normalized spacial score (nSPS) is 22.2. The van der Waals surface area contributed by atoms with E-state index in [-0.39, 0.29) is 24.2 Å². The Labute approximate surface area is 351 Å². The van der Waals surface area contributed by atoms with Gasteiger partial charge < -0.3 is 24.8 Å². The number of carbonyl (C=O) groups is 2. The molecule has 6 heterocycles. The van der Waals surface area contributed by atoms with E-state index in [0.29, 0.717) is 83.9 Å². The monoisotopic (exact) mass is 828 g/mol. The summed E-state index contributed by atoms with van der Waals surface area (Å²) in [6, 6.07) is 11.8. The van der Waals surface area contributed by atoms with Crippen LogP contribution in [0.25, 0.3) is 28.1 Å². The van der Waals surface area contributed by atoms with E-state index < -0.39 is 23.5 Å². The van der Waals surface area contributed by atoms with Gasteiger partial charge in [-0.1, -0.05) is 19.6 Å². The molecule has 0 bridgehead atoms. The fraction of sp³-hybridized carbons (Fsp3) is 0.356. The average Bonchev–Trinajstić information content (AvgIpc) is 3.73. The number of aliphatic imine (C=N–C) groups is 1. The van der Waals surface area contributed by atoms with Gasteiger partial charge in [-0.3, -0.25) is 19.2 Å². The number of nitrogens with one attached hydrogen (secondary N) is 2. The van der Waals surface area contributed by atoms with Crippen LogP contribution in [0.15, 0.2) is 89.6 Å². The maximum atomic E-state index is 15.2. The van der Waals surface area contributed by atoms with Gasteiger partial charge in [-0.25, -0.2) is 23.7 Å². The first-order chi connectivity index (χ1) is 29.4. The minimum absolute atomic E-state index is 0.100. The molecule has 4 aliphatic rings. The van der Waals surface area contributed by atoms with E-state index in [9.17, 15) is 14.0 Å². The SMILES string of the molecule is C=C\C(=C/C=C/N=C(/C)N)n1ccn(-c2c3c(nn2-c2cc(C)c(F)c(C)c2)CCN(C(=O)c2cc4cc(C5CCOCC5)ccc4n2[C@@]2(C4NOC(=O)N4)C[C@@H]2C)C3)c1=O. The lowest BCUT2D eigenvalue weighted by Crippen LogP contribution is -2.49. The Hall–Kier alpha value is -6.52. The van der Waals surface area contributed by atoms with E-state index in [4.69, 9.17) is 20.4 Å². The molecule has 2 aromatic carbocycles. The number of allylic oxidation sites excluding steroid dienone is 4. The lowest BCUT2D eigenvalue weighted by Gasteiger charge is -2.31. The van der Waals surface area contributed by atoms with Crippen LogP contribution in [0, 0.1) is 25.6 Å². The third-order valence-corrected chi connectivity index (χ3v) is 12.6. The summed E-state index contributed by atoms with van der Waals surface area (Å²) in [4.78, 5) is 53.1. The summed E-state index contributed by atoms with van der Waals surface area (Å²) in [5, 5.41) is 8.89. The lowest BCUT2D eigenvalue weighted by atomic mass is 9.91. The molecular weight excluding hydrogens is 780 g/mol. The molecule has 0 radical (unpaired) electrons. The highest BCUT2D eigenvalue weighted by Gasteiger charge is 2.62. The molecule has 3 fully saturated rings. The number of amidine groups is 1. The van der Waals surface area contributed by atoms with Gasteiger partial charge >= 0.3 is 11.8 Å².